The van der Waals surface area contributed by atoms with E-state index in [0.29, 0.717) is 60.6 Å². The van der Waals surface area contributed by atoms with Crippen LogP contribution in [-0.4, -0.2) is 54.0 Å². The summed E-state index contributed by atoms with van der Waals surface area (Å²) in [6.45, 7) is 1.50. The van der Waals surface area contributed by atoms with Crippen LogP contribution in [0, 0.1) is 5.95 Å². The maximum atomic E-state index is 14.3. The van der Waals surface area contributed by atoms with Gasteiger partial charge in [0.05, 0.1) is 17.3 Å². The number of nitrogens with one attached hydrogen (secondary N) is 3. The summed E-state index contributed by atoms with van der Waals surface area (Å²) in [6, 6.07) is 16.2. The topological polar surface area (TPSA) is 91.9 Å². The standard InChI is InChI=1S/C29H29F4N5O2/c1-34-25(39)8-5-13-35-14-15-40-26-12-10-21(18-36-26)27(20-9-11-24-22(16-20)28(30)38-37-24)23(17-29(31,32)33)19-6-3-2-4-7-19/h2-4,6-7,9-12,16,18,35H,5,8,13-15,17H2,1H3,(H,34,39)(H,37,38)/b27-23-. The van der Waals surface area contributed by atoms with Crippen LogP contribution < -0.4 is 15.4 Å². The Kier molecular flexibility index (Phi) is 9.49. The minimum absolute atomic E-state index is 0.0174. The van der Waals surface area contributed by atoms with Crippen molar-refractivity contribution in [1.29, 1.82) is 0 Å². The number of pyridine rings is 1. The SMILES string of the molecule is CNC(=O)CCCNCCOc1ccc(/C(=C(/CC(F)(F)F)c2ccccc2)c2ccc3n[nH]c(F)c3c2)cn1. The molecular weight excluding hydrogens is 526 g/mol. The molecule has 0 saturated heterocycles. The van der Waals surface area contributed by atoms with E-state index in [4.69, 9.17) is 4.74 Å². The van der Waals surface area contributed by atoms with Crippen LogP contribution in [0.1, 0.15) is 36.0 Å². The lowest BCUT2D eigenvalue weighted by Gasteiger charge is -2.19. The summed E-state index contributed by atoms with van der Waals surface area (Å²) in [6.07, 6.45) is -3.11. The summed E-state index contributed by atoms with van der Waals surface area (Å²) in [5.41, 5.74) is 1.89. The number of carbonyl (C=O) groups is 1. The molecule has 0 fully saturated rings. The van der Waals surface area contributed by atoms with Gasteiger partial charge in [-0.25, -0.2) is 4.98 Å². The molecule has 2 aromatic heterocycles. The molecule has 0 spiro atoms. The molecule has 0 radical (unpaired) electrons. The molecule has 210 valence electrons. The zero-order valence-corrected chi connectivity index (χ0v) is 21.8. The Morgan fingerprint density at radius 2 is 1.77 bits per heavy atom. The summed E-state index contributed by atoms with van der Waals surface area (Å²) in [4.78, 5) is 15.6. The fourth-order valence-corrected chi connectivity index (χ4v) is 4.29. The first-order valence-corrected chi connectivity index (χ1v) is 12.7. The largest absolute Gasteiger partial charge is 0.476 e. The number of carbonyl (C=O) groups excluding carboxylic acids is 1. The van der Waals surface area contributed by atoms with Crippen molar-refractivity contribution >= 4 is 28.0 Å². The zero-order chi connectivity index (χ0) is 28.5. The van der Waals surface area contributed by atoms with E-state index in [1.807, 2.05) is 0 Å². The molecule has 0 aliphatic rings. The van der Waals surface area contributed by atoms with Crippen LogP contribution in [0.4, 0.5) is 17.6 Å². The third-order valence-electron chi connectivity index (χ3n) is 6.19. The van der Waals surface area contributed by atoms with Gasteiger partial charge in [0.1, 0.15) is 6.61 Å². The average molecular weight is 556 g/mol. The zero-order valence-electron chi connectivity index (χ0n) is 21.8. The predicted molar refractivity (Wildman–Crippen MR) is 145 cm³/mol. The molecule has 0 bridgehead atoms. The van der Waals surface area contributed by atoms with Crippen molar-refractivity contribution in [3.05, 3.63) is 89.5 Å². The van der Waals surface area contributed by atoms with E-state index in [0.717, 1.165) is 0 Å². The molecule has 0 aliphatic heterocycles. The Balaban J connectivity index is 1.62. The van der Waals surface area contributed by atoms with E-state index in [1.54, 1.807) is 61.6 Å². The molecule has 1 amide bonds. The number of halogens is 4. The molecule has 4 aromatic rings. The molecule has 40 heavy (non-hydrogen) atoms. The van der Waals surface area contributed by atoms with E-state index >= 15 is 0 Å². The third kappa shape index (κ3) is 7.66. The lowest BCUT2D eigenvalue weighted by Crippen LogP contribution is -2.24. The first-order chi connectivity index (χ1) is 19.2. The molecule has 0 unspecified atom stereocenters. The van der Waals surface area contributed by atoms with Gasteiger partial charge in [0.2, 0.25) is 17.7 Å². The number of hydrogen-bond donors (Lipinski definition) is 3. The molecule has 0 saturated carbocycles. The van der Waals surface area contributed by atoms with Crippen molar-refractivity contribution in [3.8, 4) is 5.88 Å². The van der Waals surface area contributed by atoms with E-state index in [-0.39, 0.29) is 22.4 Å². The normalized spacial score (nSPS) is 12.3. The van der Waals surface area contributed by atoms with Crippen LogP contribution in [0.25, 0.3) is 22.0 Å². The molecule has 3 N–H and O–H groups in total. The Hall–Kier alpha value is -4.25. The van der Waals surface area contributed by atoms with Gasteiger partial charge in [-0.2, -0.15) is 22.7 Å². The number of aromatic nitrogens is 3. The maximum absolute atomic E-state index is 14.3. The van der Waals surface area contributed by atoms with Crippen molar-refractivity contribution in [1.82, 2.24) is 25.8 Å². The minimum Gasteiger partial charge on any atom is -0.476 e. The maximum Gasteiger partial charge on any atom is 0.393 e. The highest BCUT2D eigenvalue weighted by Gasteiger charge is 2.31. The molecule has 2 aromatic carbocycles. The highest BCUT2D eigenvalue weighted by Crippen LogP contribution is 2.40. The lowest BCUT2D eigenvalue weighted by molar-refractivity contribution is -0.123. The molecule has 0 aliphatic carbocycles. The van der Waals surface area contributed by atoms with Gasteiger partial charge in [-0.1, -0.05) is 36.4 Å². The molecule has 2 heterocycles. The van der Waals surface area contributed by atoms with Gasteiger partial charge in [0.15, 0.2) is 0 Å². The number of allylic oxidation sites excluding steroid dienone is 1. The van der Waals surface area contributed by atoms with Gasteiger partial charge in [0.25, 0.3) is 0 Å². The van der Waals surface area contributed by atoms with Crippen LogP contribution in [0.3, 0.4) is 0 Å². The number of alkyl halides is 3. The second-order valence-electron chi connectivity index (χ2n) is 9.04. The van der Waals surface area contributed by atoms with Gasteiger partial charge >= 0.3 is 6.18 Å². The fraction of sp³-hybridized carbons (Fsp3) is 0.276. The summed E-state index contributed by atoms with van der Waals surface area (Å²) < 4.78 is 61.6. The number of ether oxygens (including phenoxy) is 1. The molecule has 11 heteroatoms. The monoisotopic (exact) mass is 555 g/mol. The van der Waals surface area contributed by atoms with Crippen LogP contribution in [-0.2, 0) is 4.79 Å². The van der Waals surface area contributed by atoms with Crippen molar-refractivity contribution in [3.63, 3.8) is 0 Å². The Labute approximate surface area is 228 Å². The molecule has 7 nitrogen and oxygen atoms in total. The number of rotatable bonds is 12. The molecule has 0 atom stereocenters. The number of benzene rings is 2. The summed E-state index contributed by atoms with van der Waals surface area (Å²) in [5.74, 6) is -0.377. The lowest BCUT2D eigenvalue weighted by atomic mass is 9.88. The highest BCUT2D eigenvalue weighted by atomic mass is 19.4. The van der Waals surface area contributed by atoms with Gasteiger partial charge in [-0.05, 0) is 53.4 Å². The van der Waals surface area contributed by atoms with Crippen molar-refractivity contribution in [2.75, 3.05) is 26.7 Å². The quantitative estimate of drug-likeness (QED) is 0.122. The molecule has 4 rings (SSSR count). The van der Waals surface area contributed by atoms with Crippen molar-refractivity contribution < 1.29 is 27.1 Å². The highest BCUT2D eigenvalue weighted by molar-refractivity contribution is 6.00. The third-order valence-corrected chi connectivity index (χ3v) is 6.19. The van der Waals surface area contributed by atoms with Crippen molar-refractivity contribution in [2.24, 2.45) is 0 Å². The van der Waals surface area contributed by atoms with Crippen molar-refractivity contribution in [2.45, 2.75) is 25.4 Å². The summed E-state index contributed by atoms with van der Waals surface area (Å²) >= 11 is 0. The van der Waals surface area contributed by atoms with E-state index in [9.17, 15) is 22.4 Å². The number of hydrogen-bond acceptors (Lipinski definition) is 5. The Bertz CT molecular complexity index is 1450. The van der Waals surface area contributed by atoms with E-state index in [1.165, 1.54) is 12.3 Å². The minimum atomic E-state index is -4.49. The van der Waals surface area contributed by atoms with Crippen LogP contribution in [0.15, 0.2) is 66.9 Å². The predicted octanol–water partition coefficient (Wildman–Crippen LogP) is 5.50. The number of fused-ring (bicyclic) bond motifs is 1. The Morgan fingerprint density at radius 3 is 2.48 bits per heavy atom. The fourth-order valence-electron chi connectivity index (χ4n) is 4.29. The van der Waals surface area contributed by atoms with Crippen LogP contribution in [0.2, 0.25) is 0 Å². The summed E-state index contributed by atoms with van der Waals surface area (Å²) in [5, 5.41) is 12.1. The second-order valence-corrected chi connectivity index (χ2v) is 9.04. The summed E-state index contributed by atoms with van der Waals surface area (Å²) in [7, 11) is 1.59. The van der Waals surface area contributed by atoms with E-state index in [2.05, 4.69) is 25.8 Å². The van der Waals surface area contributed by atoms with Gasteiger partial charge in [-0.3, -0.25) is 9.89 Å². The van der Waals surface area contributed by atoms with Crippen LogP contribution >= 0.6 is 0 Å². The first-order valence-electron chi connectivity index (χ1n) is 12.7. The number of H-pyrrole nitrogens is 1. The number of amides is 1. The number of nitrogens with zero attached hydrogens (tertiary/aromatic N) is 2. The van der Waals surface area contributed by atoms with Gasteiger partial charge < -0.3 is 15.4 Å². The average Bonchev–Trinajstić information content (AvgIpc) is 3.32. The Morgan fingerprint density at radius 1 is 1.00 bits per heavy atom. The second kappa shape index (κ2) is 13.2. The van der Waals surface area contributed by atoms with E-state index < -0.39 is 18.5 Å². The smallest absolute Gasteiger partial charge is 0.393 e. The van der Waals surface area contributed by atoms with Gasteiger partial charge in [-0.15, -0.1) is 0 Å². The van der Waals surface area contributed by atoms with Gasteiger partial charge in [0, 0.05) is 37.8 Å². The van der Waals surface area contributed by atoms with Crippen LogP contribution in [0.5, 0.6) is 5.88 Å². The number of aromatic amines is 1. The first kappa shape index (κ1) is 28.8. The molecular formula is C29H29F4N5O2.